The molecule has 320 valence electrons. The standard InChI is InChI=1S/C23H21N3O4.C15H12ClN3O3.C8H9O.ClH.Zn/c1-28-18-5-3-2-4-15(18)12-17-7-9-21(26-25-17)24-22(27)23(10-11-23)16-6-8-19-20(13-16)30-14-29-19;16-12-3-4-13(19-18-12)17-14(20)15(5-6-15)9-1-2-10-11(7-9)22-8-21-10;1-7-5-3-4-6-8(7)9-2;;/h2-9,13H,10-12,14H2,1H3,(H,24,26,27);1-4,7H,5-6,8H2,(H,17,19,20);3-6H,1H2,2H3;1H;/q;;-1;;+2/p-1. The van der Waals surface area contributed by atoms with Crippen LogP contribution >= 0.6 is 21.3 Å². The van der Waals surface area contributed by atoms with Crippen LogP contribution in [0.5, 0.6) is 34.5 Å². The zero-order valence-corrected chi connectivity index (χ0v) is 39.0. The minimum atomic E-state index is -0.543. The number of nitrogens with zero attached hydrogens (tertiary/aromatic N) is 4. The van der Waals surface area contributed by atoms with E-state index >= 15 is 0 Å². The number of halogens is 2. The fourth-order valence-corrected chi connectivity index (χ4v) is 7.16. The van der Waals surface area contributed by atoms with Crippen LogP contribution in [0.25, 0.3) is 0 Å². The Kier molecular flexibility index (Phi) is 14.5. The van der Waals surface area contributed by atoms with Gasteiger partial charge in [-0.3, -0.25) is 9.59 Å². The van der Waals surface area contributed by atoms with Gasteiger partial charge >= 0.3 is 27.0 Å². The fourth-order valence-electron chi connectivity index (χ4n) is 7.05. The summed E-state index contributed by atoms with van der Waals surface area (Å²) in [6.45, 7) is 4.20. The molecule has 14 nitrogen and oxygen atoms in total. The van der Waals surface area contributed by atoms with Gasteiger partial charge < -0.3 is 39.1 Å². The molecule has 2 amide bonds. The molecule has 4 aromatic carbocycles. The molecule has 0 saturated heterocycles. The van der Waals surface area contributed by atoms with Gasteiger partial charge in [0.1, 0.15) is 5.75 Å². The van der Waals surface area contributed by atoms with E-state index in [1.54, 1.807) is 32.4 Å². The average Bonchev–Trinajstić information content (AvgIpc) is 4.22. The Hall–Kier alpha value is -6.15. The molecule has 0 spiro atoms. The normalized spacial score (nSPS) is 14.8. The van der Waals surface area contributed by atoms with Crippen LogP contribution in [0.2, 0.25) is 5.15 Å². The van der Waals surface area contributed by atoms with E-state index in [0.29, 0.717) is 41.1 Å². The first-order valence-corrected chi connectivity index (χ1v) is 24.1. The average molecular weight is 943 g/mol. The van der Waals surface area contributed by atoms with E-state index in [1.807, 2.05) is 91.0 Å². The van der Waals surface area contributed by atoms with Gasteiger partial charge in [-0.25, -0.2) is 0 Å². The molecule has 0 unspecified atom stereocenters. The van der Waals surface area contributed by atoms with E-state index in [2.05, 4.69) is 38.0 Å². The topological polar surface area (TPSA) is 165 Å². The molecular formula is C46H42Cl2N6O8Zn. The van der Waals surface area contributed by atoms with E-state index in [0.717, 1.165) is 82.4 Å². The Balaban J connectivity index is 0.000000157. The van der Waals surface area contributed by atoms with E-state index in [-0.39, 0.29) is 30.6 Å². The van der Waals surface area contributed by atoms with Crippen molar-refractivity contribution >= 4 is 44.7 Å². The molecule has 2 saturated carbocycles. The number of rotatable bonds is 10. The van der Waals surface area contributed by atoms with Gasteiger partial charge in [0.05, 0.1) is 30.7 Å². The quantitative estimate of drug-likeness (QED) is 0.0995. The molecule has 63 heavy (non-hydrogen) atoms. The number of amides is 2. The molecule has 17 heteroatoms. The van der Waals surface area contributed by atoms with E-state index in [4.69, 9.17) is 49.7 Å². The summed E-state index contributed by atoms with van der Waals surface area (Å²) in [5.41, 5.74) is 3.56. The maximum atomic E-state index is 13.0. The van der Waals surface area contributed by atoms with Gasteiger partial charge in [0, 0.05) is 17.7 Å². The summed E-state index contributed by atoms with van der Waals surface area (Å²) in [7, 11) is 8.06. The third kappa shape index (κ3) is 10.6. The first kappa shape index (κ1) is 44.9. The summed E-state index contributed by atoms with van der Waals surface area (Å²) in [5.74, 6) is 5.12. The zero-order chi connectivity index (χ0) is 44.4. The number of methoxy groups -OCH3 is 2. The second kappa shape index (κ2) is 20.4. The van der Waals surface area contributed by atoms with Crippen LogP contribution in [0.15, 0.2) is 109 Å². The van der Waals surface area contributed by atoms with Crippen molar-refractivity contribution in [3.8, 4) is 34.5 Å². The molecule has 0 atom stereocenters. The van der Waals surface area contributed by atoms with Gasteiger partial charge in [-0.2, -0.15) is 23.7 Å². The Labute approximate surface area is 383 Å². The van der Waals surface area contributed by atoms with Crippen LogP contribution in [0.3, 0.4) is 0 Å². The fraction of sp³-hybridized carbons (Fsp3) is 0.239. The first-order valence-electron chi connectivity index (χ1n) is 19.8. The van der Waals surface area contributed by atoms with Crippen molar-refractivity contribution in [2.24, 2.45) is 0 Å². The van der Waals surface area contributed by atoms with Gasteiger partial charge in [0.25, 0.3) is 0 Å². The Morgan fingerprint density at radius 1 is 0.635 bits per heavy atom. The first-order chi connectivity index (χ1) is 30.7. The van der Waals surface area contributed by atoms with Crippen molar-refractivity contribution in [1.29, 1.82) is 0 Å². The van der Waals surface area contributed by atoms with E-state index in [1.165, 1.54) is 0 Å². The maximum absolute atomic E-state index is 13.0. The Morgan fingerprint density at radius 3 is 1.59 bits per heavy atom. The molecule has 4 heterocycles. The minimum absolute atomic E-state index is 0.0758. The third-order valence-electron chi connectivity index (χ3n) is 10.8. The number of anilines is 2. The van der Waals surface area contributed by atoms with Gasteiger partial charge in [-0.1, -0.05) is 54.1 Å². The van der Waals surface area contributed by atoms with Gasteiger partial charge in [0.15, 0.2) is 39.8 Å². The second-order valence-electron chi connectivity index (χ2n) is 14.7. The number of carbonyl (C=O) groups is 2. The van der Waals surface area contributed by atoms with Crippen molar-refractivity contribution in [2.75, 3.05) is 38.4 Å². The number of hydrogen-bond acceptors (Lipinski definition) is 12. The summed E-state index contributed by atoms with van der Waals surface area (Å²) in [5, 5.41) is 22.0. The van der Waals surface area contributed by atoms with Crippen LogP contribution in [0.4, 0.5) is 11.6 Å². The number of ether oxygens (including phenoxy) is 6. The van der Waals surface area contributed by atoms with Gasteiger partial charge in [0.2, 0.25) is 25.4 Å². The van der Waals surface area contributed by atoms with Crippen LogP contribution in [0.1, 0.15) is 53.6 Å². The number of hydrogen-bond donors (Lipinski definition) is 2. The van der Waals surface area contributed by atoms with Crippen LogP contribution in [0, 0.1) is 6.92 Å². The predicted molar refractivity (Wildman–Crippen MR) is 232 cm³/mol. The molecule has 10 rings (SSSR count). The van der Waals surface area contributed by atoms with E-state index < -0.39 is 10.8 Å². The number of para-hydroxylation sites is 2. The van der Waals surface area contributed by atoms with Crippen LogP contribution < -0.4 is 39.1 Å². The van der Waals surface area contributed by atoms with Crippen molar-refractivity contribution in [1.82, 2.24) is 20.4 Å². The molecule has 2 N–H and O–H groups in total. The molecule has 0 bridgehead atoms. The van der Waals surface area contributed by atoms with Crippen molar-refractivity contribution in [3.63, 3.8) is 0 Å². The molecule has 2 fully saturated rings. The molecular weight excluding hydrogens is 901 g/mol. The molecule has 2 aromatic heterocycles. The zero-order valence-electron chi connectivity index (χ0n) is 34.6. The number of aromatic nitrogens is 4. The van der Waals surface area contributed by atoms with E-state index in [9.17, 15) is 9.59 Å². The Morgan fingerprint density at radius 2 is 1.13 bits per heavy atom. The second-order valence-corrected chi connectivity index (χ2v) is 15.0. The number of nitrogens with one attached hydrogen (secondary N) is 2. The summed E-state index contributed by atoms with van der Waals surface area (Å²) >= 11 is 6.54. The van der Waals surface area contributed by atoms with Crippen LogP contribution in [-0.2, 0) is 44.2 Å². The molecule has 0 radical (unpaired) electrons. The SMILES string of the molecule is COc1ccccc1Cc1ccc(NC(=O)C2(c3ccc4c(c3)OCO4)CC2)nn1.O=C(Nc1ccc(Cl)nn1)C1(c2ccc3c(c2)OCO3)CC1.[CH2-]c1ccccc1OC.[Cl][Zn+]. The summed E-state index contributed by atoms with van der Waals surface area (Å²) in [6, 6.07) is 33.7. The van der Waals surface area contributed by atoms with Crippen molar-refractivity contribution in [3.05, 3.63) is 149 Å². The van der Waals surface area contributed by atoms with Crippen molar-refractivity contribution < 1.29 is 55.3 Å². The molecule has 4 aliphatic rings. The Bertz CT molecular complexity index is 2540. The monoisotopic (exact) mass is 940 g/mol. The molecule has 2 aliphatic heterocycles. The number of carbonyl (C=O) groups excluding carboxylic acids is 2. The number of benzene rings is 4. The van der Waals surface area contributed by atoms with Gasteiger partial charge in [-0.15, -0.1) is 21.4 Å². The predicted octanol–water partition coefficient (Wildman–Crippen LogP) is 8.57. The van der Waals surface area contributed by atoms with Gasteiger partial charge in [-0.05, 0) is 91.4 Å². The molecule has 2 aliphatic carbocycles. The van der Waals surface area contributed by atoms with Crippen molar-refractivity contribution in [2.45, 2.75) is 42.9 Å². The summed E-state index contributed by atoms with van der Waals surface area (Å²) < 4.78 is 31.9. The van der Waals surface area contributed by atoms with Crippen LogP contribution in [-0.4, -0.2) is 60.0 Å². The number of fused-ring (bicyclic) bond motifs is 2. The summed E-state index contributed by atoms with van der Waals surface area (Å²) in [4.78, 5) is 25.6. The third-order valence-corrected chi connectivity index (χ3v) is 11.0. The summed E-state index contributed by atoms with van der Waals surface area (Å²) in [6.07, 6.45) is 3.76. The molecule has 6 aromatic rings.